The highest BCUT2D eigenvalue weighted by molar-refractivity contribution is 5.25. The van der Waals surface area contributed by atoms with Gasteiger partial charge in [-0.1, -0.05) is 0 Å². The average Bonchev–Trinajstić information content (AvgIpc) is 1.95. The van der Waals surface area contributed by atoms with Gasteiger partial charge in [-0.05, 0) is 44.8 Å². The zero-order valence-electron chi connectivity index (χ0n) is 7.39. The number of hydrogen-bond acceptors (Lipinski definition) is 2. The van der Waals surface area contributed by atoms with Crippen molar-refractivity contribution in [1.29, 1.82) is 0 Å². The van der Waals surface area contributed by atoms with Gasteiger partial charge in [-0.25, -0.2) is 0 Å². The van der Waals surface area contributed by atoms with Crippen molar-refractivity contribution in [3.63, 3.8) is 0 Å². The lowest BCUT2D eigenvalue weighted by atomic mass is 9.80. The predicted octanol–water partition coefficient (Wildman–Crippen LogP) is 1.23. The van der Waals surface area contributed by atoms with Crippen LogP contribution in [0.25, 0.3) is 0 Å². The van der Waals surface area contributed by atoms with E-state index in [0.29, 0.717) is 12.8 Å². The van der Waals surface area contributed by atoms with Gasteiger partial charge in [0, 0.05) is 0 Å². The van der Waals surface area contributed by atoms with Crippen LogP contribution in [0.3, 0.4) is 0 Å². The lowest BCUT2D eigenvalue weighted by Crippen LogP contribution is -2.34. The molecular weight excluding hydrogens is 140 g/mol. The van der Waals surface area contributed by atoms with Crippen molar-refractivity contribution in [2.24, 2.45) is 0 Å². The van der Waals surface area contributed by atoms with E-state index in [4.69, 9.17) is 0 Å². The van der Waals surface area contributed by atoms with Crippen LogP contribution in [0.4, 0.5) is 0 Å². The molecule has 2 N–H and O–H groups in total. The van der Waals surface area contributed by atoms with Crippen molar-refractivity contribution in [1.82, 2.24) is 0 Å². The first-order chi connectivity index (χ1) is 4.95. The van der Waals surface area contributed by atoms with E-state index in [9.17, 15) is 10.2 Å². The third-order valence-corrected chi connectivity index (χ3v) is 2.80. The standard InChI is InChI=1S/C9H16O2/c1-6-7(2)9(3,11)5-4-8(6)10/h8,10-11H,4-5H2,1-3H3. The van der Waals surface area contributed by atoms with Crippen LogP contribution in [0, 0.1) is 0 Å². The molecule has 0 aromatic heterocycles. The fourth-order valence-corrected chi connectivity index (χ4v) is 1.50. The minimum atomic E-state index is -0.691. The molecule has 2 unspecified atom stereocenters. The maximum absolute atomic E-state index is 9.76. The Morgan fingerprint density at radius 3 is 2.45 bits per heavy atom. The summed E-state index contributed by atoms with van der Waals surface area (Å²) in [5.74, 6) is 0. The summed E-state index contributed by atoms with van der Waals surface area (Å²) >= 11 is 0. The molecule has 2 atom stereocenters. The first kappa shape index (κ1) is 8.75. The smallest absolute Gasteiger partial charge is 0.0830 e. The lowest BCUT2D eigenvalue weighted by molar-refractivity contribution is 0.0522. The molecule has 2 nitrogen and oxygen atoms in total. The summed E-state index contributed by atoms with van der Waals surface area (Å²) in [4.78, 5) is 0. The van der Waals surface area contributed by atoms with Crippen LogP contribution >= 0.6 is 0 Å². The normalized spacial score (nSPS) is 39.5. The Kier molecular flexibility index (Phi) is 2.08. The van der Waals surface area contributed by atoms with Crippen LogP contribution in [-0.2, 0) is 0 Å². The maximum atomic E-state index is 9.76. The largest absolute Gasteiger partial charge is 0.389 e. The Morgan fingerprint density at radius 2 is 2.00 bits per heavy atom. The van der Waals surface area contributed by atoms with Crippen molar-refractivity contribution < 1.29 is 10.2 Å². The number of rotatable bonds is 0. The van der Waals surface area contributed by atoms with Gasteiger partial charge >= 0.3 is 0 Å². The second-order valence-electron chi connectivity index (χ2n) is 3.64. The summed E-state index contributed by atoms with van der Waals surface area (Å²) in [5, 5.41) is 19.2. The summed E-state index contributed by atoms with van der Waals surface area (Å²) in [6.45, 7) is 5.57. The van der Waals surface area contributed by atoms with Crippen molar-refractivity contribution in [3.05, 3.63) is 11.1 Å². The summed E-state index contributed by atoms with van der Waals surface area (Å²) in [6, 6.07) is 0. The maximum Gasteiger partial charge on any atom is 0.0830 e. The summed E-state index contributed by atoms with van der Waals surface area (Å²) in [5.41, 5.74) is 1.17. The quantitative estimate of drug-likeness (QED) is 0.518. The van der Waals surface area contributed by atoms with E-state index in [2.05, 4.69) is 0 Å². The molecule has 11 heavy (non-hydrogen) atoms. The Balaban J connectivity index is 2.97. The highest BCUT2D eigenvalue weighted by Crippen LogP contribution is 2.32. The van der Waals surface area contributed by atoms with E-state index < -0.39 is 5.60 Å². The van der Waals surface area contributed by atoms with Gasteiger partial charge in [0.05, 0.1) is 11.7 Å². The van der Waals surface area contributed by atoms with Crippen molar-refractivity contribution >= 4 is 0 Å². The first-order valence-corrected chi connectivity index (χ1v) is 4.03. The zero-order chi connectivity index (χ0) is 8.65. The molecule has 0 saturated heterocycles. The molecule has 0 aromatic carbocycles. The molecule has 1 aliphatic rings. The third kappa shape index (κ3) is 1.47. The second-order valence-corrected chi connectivity index (χ2v) is 3.64. The van der Waals surface area contributed by atoms with Crippen LogP contribution in [0.1, 0.15) is 33.6 Å². The van der Waals surface area contributed by atoms with Gasteiger partial charge in [0.25, 0.3) is 0 Å². The van der Waals surface area contributed by atoms with Gasteiger partial charge in [-0.3, -0.25) is 0 Å². The number of hydrogen-bond donors (Lipinski definition) is 2. The van der Waals surface area contributed by atoms with Gasteiger partial charge < -0.3 is 10.2 Å². The molecule has 0 saturated carbocycles. The molecule has 0 radical (unpaired) electrons. The Bertz CT molecular complexity index is 192. The topological polar surface area (TPSA) is 40.5 Å². The SMILES string of the molecule is CC1=C(C)C(C)(O)CCC1O. The van der Waals surface area contributed by atoms with E-state index in [1.54, 1.807) is 6.92 Å². The van der Waals surface area contributed by atoms with Crippen molar-refractivity contribution in [2.45, 2.75) is 45.3 Å². The molecule has 0 spiro atoms. The van der Waals surface area contributed by atoms with Crippen LogP contribution in [-0.4, -0.2) is 21.9 Å². The molecule has 0 fully saturated rings. The monoisotopic (exact) mass is 156 g/mol. The fourth-order valence-electron chi connectivity index (χ4n) is 1.50. The van der Waals surface area contributed by atoms with E-state index in [0.717, 1.165) is 11.1 Å². The fraction of sp³-hybridized carbons (Fsp3) is 0.778. The van der Waals surface area contributed by atoms with Crippen LogP contribution in [0.15, 0.2) is 11.1 Å². The van der Waals surface area contributed by atoms with Gasteiger partial charge in [-0.15, -0.1) is 0 Å². The third-order valence-electron chi connectivity index (χ3n) is 2.80. The highest BCUT2D eigenvalue weighted by atomic mass is 16.3. The van der Waals surface area contributed by atoms with E-state index >= 15 is 0 Å². The zero-order valence-corrected chi connectivity index (χ0v) is 7.39. The predicted molar refractivity (Wildman–Crippen MR) is 44.2 cm³/mol. The Hall–Kier alpha value is -0.340. The van der Waals surface area contributed by atoms with Crippen molar-refractivity contribution in [2.75, 3.05) is 0 Å². The molecule has 0 aliphatic heterocycles. The lowest BCUT2D eigenvalue weighted by Gasteiger charge is -2.33. The Morgan fingerprint density at radius 1 is 1.45 bits per heavy atom. The Labute approximate surface area is 67.6 Å². The molecule has 0 heterocycles. The minimum Gasteiger partial charge on any atom is -0.389 e. The van der Waals surface area contributed by atoms with E-state index in [1.165, 1.54) is 0 Å². The van der Waals surface area contributed by atoms with Crippen molar-refractivity contribution in [3.8, 4) is 0 Å². The van der Waals surface area contributed by atoms with E-state index in [-0.39, 0.29) is 6.10 Å². The first-order valence-electron chi connectivity index (χ1n) is 4.03. The number of aliphatic hydroxyl groups is 2. The van der Waals surface area contributed by atoms with Crippen LogP contribution in [0.5, 0.6) is 0 Å². The van der Waals surface area contributed by atoms with Gasteiger partial charge in [0.15, 0.2) is 0 Å². The molecule has 0 amide bonds. The van der Waals surface area contributed by atoms with Crippen LogP contribution < -0.4 is 0 Å². The molecule has 1 aliphatic carbocycles. The summed E-state index contributed by atoms with van der Waals surface area (Å²) in [7, 11) is 0. The van der Waals surface area contributed by atoms with Crippen LogP contribution in [0.2, 0.25) is 0 Å². The molecule has 1 rings (SSSR count). The molecule has 0 aromatic rings. The average molecular weight is 156 g/mol. The molecular formula is C9H16O2. The highest BCUT2D eigenvalue weighted by Gasteiger charge is 2.31. The number of aliphatic hydroxyl groups excluding tert-OH is 1. The molecule has 2 heteroatoms. The van der Waals surface area contributed by atoms with Gasteiger partial charge in [-0.2, -0.15) is 0 Å². The van der Waals surface area contributed by atoms with Gasteiger partial charge in [0.1, 0.15) is 0 Å². The molecule has 64 valence electrons. The second kappa shape index (κ2) is 2.61. The van der Waals surface area contributed by atoms with E-state index in [1.807, 2.05) is 13.8 Å². The minimum absolute atomic E-state index is 0.338. The summed E-state index contributed by atoms with van der Waals surface area (Å²) < 4.78 is 0. The summed E-state index contributed by atoms with van der Waals surface area (Å²) in [6.07, 6.45) is 1.00. The van der Waals surface area contributed by atoms with Gasteiger partial charge in [0.2, 0.25) is 0 Å². The molecule has 0 bridgehead atoms.